The van der Waals surface area contributed by atoms with E-state index in [2.05, 4.69) is 55.6 Å². The second kappa shape index (κ2) is 48.5. The minimum absolute atomic E-state index is 0.00962. The number of allylic oxidation sites excluding steroid dienone is 7. The molecule has 388 valence electrons. The maximum atomic E-state index is 12.9. The molecule has 8 nitrogen and oxygen atoms in total. The third-order valence-corrected chi connectivity index (χ3v) is 13.5. The van der Waals surface area contributed by atoms with Gasteiger partial charge in [-0.3, -0.25) is 9.36 Å². The largest absolute Gasteiger partial charge is 0.756 e. The fourth-order valence-corrected chi connectivity index (χ4v) is 8.79. The molecule has 0 saturated carbocycles. The van der Waals surface area contributed by atoms with Crippen molar-refractivity contribution >= 4 is 13.7 Å². The van der Waals surface area contributed by atoms with Crippen LogP contribution in [0, 0.1) is 0 Å². The molecule has 0 heterocycles. The van der Waals surface area contributed by atoms with E-state index in [1.165, 1.54) is 193 Å². The molecule has 3 unspecified atom stereocenters. The number of nitrogens with zero attached hydrogens (tertiary/aromatic N) is 1. The SMILES string of the molecule is CCCCCCCCCC/C=C/CC/C=C/CC/C=C/C(O)C(COP(=O)([O-])OCC[N+](C)(C)C)NC(=O)CCCCCCCCCCCC/C=C\CCCCCCCCCCCCCC. The second-order valence-electron chi connectivity index (χ2n) is 20.3. The quantitative estimate of drug-likeness (QED) is 0.0272. The van der Waals surface area contributed by atoms with E-state index in [-0.39, 0.29) is 12.5 Å². The van der Waals surface area contributed by atoms with Gasteiger partial charge in [-0.1, -0.05) is 229 Å². The van der Waals surface area contributed by atoms with Crippen LogP contribution >= 0.6 is 7.82 Å². The van der Waals surface area contributed by atoms with Gasteiger partial charge in [-0.05, 0) is 70.6 Å². The molecule has 0 radical (unpaired) electrons. The van der Waals surface area contributed by atoms with Gasteiger partial charge in [0.2, 0.25) is 5.91 Å². The summed E-state index contributed by atoms with van der Waals surface area (Å²) in [4.78, 5) is 25.5. The summed E-state index contributed by atoms with van der Waals surface area (Å²) >= 11 is 0. The summed E-state index contributed by atoms with van der Waals surface area (Å²) in [5.74, 6) is -0.211. The molecular weight excluding hydrogens is 840 g/mol. The summed E-state index contributed by atoms with van der Waals surface area (Å²) < 4.78 is 23.3. The van der Waals surface area contributed by atoms with Gasteiger partial charge in [-0.2, -0.15) is 0 Å². The van der Waals surface area contributed by atoms with Crippen molar-refractivity contribution in [2.75, 3.05) is 40.9 Å². The molecule has 0 spiro atoms. The zero-order valence-electron chi connectivity index (χ0n) is 44.1. The summed E-state index contributed by atoms with van der Waals surface area (Å²) in [6.07, 6.45) is 63.3. The maximum Gasteiger partial charge on any atom is 0.268 e. The normalized spacial score (nSPS) is 14.3. The van der Waals surface area contributed by atoms with Gasteiger partial charge in [0.1, 0.15) is 13.2 Å². The molecule has 0 aliphatic rings. The number of unbranched alkanes of at least 4 members (excludes halogenated alkanes) is 32. The van der Waals surface area contributed by atoms with Crippen LogP contribution in [0.2, 0.25) is 0 Å². The number of carbonyl (C=O) groups excluding carboxylic acids is 1. The third kappa shape index (κ3) is 50.3. The Balaban J connectivity index is 4.25. The molecule has 0 bridgehead atoms. The van der Waals surface area contributed by atoms with Gasteiger partial charge >= 0.3 is 0 Å². The number of aliphatic hydroxyl groups is 1. The van der Waals surface area contributed by atoms with Crippen molar-refractivity contribution in [3.63, 3.8) is 0 Å². The van der Waals surface area contributed by atoms with Crippen LogP contribution in [0.1, 0.15) is 258 Å². The van der Waals surface area contributed by atoms with Gasteiger partial charge in [0.25, 0.3) is 7.82 Å². The molecule has 2 N–H and O–H groups in total. The highest BCUT2D eigenvalue weighted by Gasteiger charge is 2.23. The lowest BCUT2D eigenvalue weighted by Crippen LogP contribution is -2.45. The Morgan fingerprint density at radius 3 is 1.23 bits per heavy atom. The van der Waals surface area contributed by atoms with Crippen LogP contribution in [-0.2, 0) is 18.4 Å². The van der Waals surface area contributed by atoms with Crippen LogP contribution in [0.25, 0.3) is 0 Å². The summed E-state index contributed by atoms with van der Waals surface area (Å²) in [5, 5.41) is 13.8. The molecule has 0 aromatic rings. The Hall–Kier alpha value is -1.54. The van der Waals surface area contributed by atoms with E-state index < -0.39 is 26.6 Å². The lowest BCUT2D eigenvalue weighted by atomic mass is 10.0. The van der Waals surface area contributed by atoms with Crippen LogP contribution in [0.15, 0.2) is 48.6 Å². The van der Waals surface area contributed by atoms with Crippen LogP contribution in [0.3, 0.4) is 0 Å². The standard InChI is InChI=1S/C57H109N2O6P/c1-6-8-10-12-14-16-18-20-22-24-26-27-28-29-30-31-32-33-35-37-39-41-43-45-47-49-51-57(61)58-55(54-65-66(62,63)64-53-52-59(3,4)5)56(60)50-48-46-44-42-40-38-36-34-25-23-21-19-17-15-13-11-9-7-2/h25,29-30,34,40,42,48,50,55-56,60H,6-24,26-28,31-33,35-39,41,43-47,49,51-54H2,1-5H3,(H-,58,61,62,63)/b30-29-,34-25+,42-40+,50-48+. The van der Waals surface area contributed by atoms with Crippen molar-refractivity contribution < 1.29 is 32.9 Å². The molecular formula is C57H109N2O6P. The molecule has 0 saturated heterocycles. The number of hydrogen-bond acceptors (Lipinski definition) is 6. The monoisotopic (exact) mass is 949 g/mol. The fraction of sp³-hybridized carbons (Fsp3) is 0.842. The average Bonchev–Trinajstić information content (AvgIpc) is 3.28. The summed E-state index contributed by atoms with van der Waals surface area (Å²) in [7, 11) is 1.24. The average molecular weight is 949 g/mol. The number of nitrogens with one attached hydrogen (secondary N) is 1. The van der Waals surface area contributed by atoms with Gasteiger partial charge in [0.15, 0.2) is 0 Å². The summed E-state index contributed by atoms with van der Waals surface area (Å²) in [6.45, 7) is 4.64. The van der Waals surface area contributed by atoms with Crippen molar-refractivity contribution in [1.29, 1.82) is 0 Å². The summed E-state index contributed by atoms with van der Waals surface area (Å²) in [5.41, 5.74) is 0. The molecule has 0 aromatic heterocycles. The van der Waals surface area contributed by atoms with Gasteiger partial charge in [0.05, 0.1) is 39.9 Å². The second-order valence-corrected chi connectivity index (χ2v) is 21.7. The van der Waals surface area contributed by atoms with Crippen molar-refractivity contribution in [2.45, 2.75) is 270 Å². The van der Waals surface area contributed by atoms with E-state index in [1.54, 1.807) is 6.08 Å². The first-order valence-electron chi connectivity index (χ1n) is 28.0. The number of hydrogen-bond donors (Lipinski definition) is 2. The molecule has 1 amide bonds. The summed E-state index contributed by atoms with van der Waals surface area (Å²) in [6, 6.07) is -0.911. The van der Waals surface area contributed by atoms with E-state index in [1.807, 2.05) is 27.2 Å². The number of aliphatic hydroxyl groups excluding tert-OH is 1. The Labute approximate surface area is 409 Å². The van der Waals surface area contributed by atoms with Crippen LogP contribution < -0.4 is 10.2 Å². The van der Waals surface area contributed by atoms with E-state index in [0.717, 1.165) is 44.9 Å². The van der Waals surface area contributed by atoms with Crippen molar-refractivity contribution in [2.24, 2.45) is 0 Å². The van der Waals surface area contributed by atoms with Gasteiger partial charge in [-0.25, -0.2) is 0 Å². The highest BCUT2D eigenvalue weighted by molar-refractivity contribution is 7.45. The maximum absolute atomic E-state index is 12.9. The molecule has 0 rings (SSSR count). The first-order valence-corrected chi connectivity index (χ1v) is 29.5. The van der Waals surface area contributed by atoms with Crippen molar-refractivity contribution in [3.8, 4) is 0 Å². The first-order chi connectivity index (χ1) is 32.0. The van der Waals surface area contributed by atoms with Crippen LogP contribution in [0.5, 0.6) is 0 Å². The highest BCUT2D eigenvalue weighted by Crippen LogP contribution is 2.38. The van der Waals surface area contributed by atoms with Gasteiger partial charge in [0, 0.05) is 6.42 Å². The van der Waals surface area contributed by atoms with E-state index in [0.29, 0.717) is 17.4 Å². The Bertz CT molecular complexity index is 1210. The fourth-order valence-electron chi connectivity index (χ4n) is 8.06. The van der Waals surface area contributed by atoms with Crippen LogP contribution in [-0.4, -0.2) is 68.5 Å². The molecule has 0 aliphatic heterocycles. The number of rotatable bonds is 51. The Morgan fingerprint density at radius 2 is 0.848 bits per heavy atom. The minimum atomic E-state index is -4.61. The molecule has 66 heavy (non-hydrogen) atoms. The van der Waals surface area contributed by atoms with E-state index in [4.69, 9.17) is 9.05 Å². The number of amides is 1. The number of quaternary nitrogens is 1. The number of carbonyl (C=O) groups is 1. The number of phosphoric acid groups is 1. The van der Waals surface area contributed by atoms with Gasteiger partial charge in [-0.15, -0.1) is 0 Å². The van der Waals surface area contributed by atoms with Crippen LogP contribution in [0.4, 0.5) is 0 Å². The number of likely N-dealkylation sites (N-methyl/N-ethyl adjacent to an activating group) is 1. The molecule has 9 heteroatoms. The van der Waals surface area contributed by atoms with Gasteiger partial charge < -0.3 is 28.8 Å². The van der Waals surface area contributed by atoms with Crippen molar-refractivity contribution in [3.05, 3.63) is 48.6 Å². The molecule has 0 aliphatic carbocycles. The smallest absolute Gasteiger partial charge is 0.268 e. The first kappa shape index (κ1) is 64.5. The predicted molar refractivity (Wildman–Crippen MR) is 284 cm³/mol. The van der Waals surface area contributed by atoms with Crippen molar-refractivity contribution in [1.82, 2.24) is 5.32 Å². The highest BCUT2D eigenvalue weighted by atomic mass is 31.2. The molecule has 0 fully saturated rings. The lowest BCUT2D eigenvalue weighted by molar-refractivity contribution is -0.870. The molecule has 0 aromatic carbocycles. The topological polar surface area (TPSA) is 108 Å². The zero-order chi connectivity index (χ0) is 48.5. The zero-order valence-corrected chi connectivity index (χ0v) is 45.0. The predicted octanol–water partition coefficient (Wildman–Crippen LogP) is 16.1. The van der Waals surface area contributed by atoms with E-state index >= 15 is 0 Å². The third-order valence-electron chi connectivity index (χ3n) is 12.5. The Morgan fingerprint density at radius 1 is 0.515 bits per heavy atom. The Kier molecular flexibility index (Phi) is 47.4. The molecule has 3 atom stereocenters. The lowest BCUT2D eigenvalue weighted by Gasteiger charge is -2.29. The van der Waals surface area contributed by atoms with E-state index in [9.17, 15) is 19.4 Å². The number of phosphoric ester groups is 1. The minimum Gasteiger partial charge on any atom is -0.756 e.